The van der Waals surface area contributed by atoms with Crippen LogP contribution in [0.3, 0.4) is 0 Å². The van der Waals surface area contributed by atoms with Gasteiger partial charge in [0.05, 0.1) is 12.8 Å². The minimum atomic E-state index is -0.00793. The Hall–Kier alpha value is -2.61. The van der Waals surface area contributed by atoms with E-state index in [1.54, 1.807) is 7.11 Å². The standard InChI is InChI=1S/C22H23NO/c1-22(2,3)21-15-18(16-8-6-5-7-9-16)14-20(23-21)17-10-12-19(24-4)13-11-17/h5-15H,1-4H3. The van der Waals surface area contributed by atoms with Crippen LogP contribution in [-0.4, -0.2) is 12.1 Å². The second kappa shape index (κ2) is 6.48. The van der Waals surface area contributed by atoms with Crippen LogP contribution in [0.15, 0.2) is 66.7 Å². The second-order valence-corrected chi connectivity index (χ2v) is 6.97. The van der Waals surface area contributed by atoms with Gasteiger partial charge in [0.15, 0.2) is 0 Å². The Labute approximate surface area is 144 Å². The van der Waals surface area contributed by atoms with Crippen LogP contribution in [0.4, 0.5) is 0 Å². The first-order chi connectivity index (χ1) is 11.5. The van der Waals surface area contributed by atoms with E-state index in [1.807, 2.05) is 18.2 Å². The molecule has 2 heteroatoms. The van der Waals surface area contributed by atoms with Gasteiger partial charge in [-0.15, -0.1) is 0 Å². The maximum Gasteiger partial charge on any atom is 0.118 e. The Kier molecular flexibility index (Phi) is 4.39. The van der Waals surface area contributed by atoms with Gasteiger partial charge in [0.2, 0.25) is 0 Å². The maximum atomic E-state index is 5.26. The maximum absolute atomic E-state index is 5.26. The number of rotatable bonds is 3. The van der Waals surface area contributed by atoms with Gasteiger partial charge in [-0.3, -0.25) is 4.98 Å². The summed E-state index contributed by atoms with van der Waals surface area (Å²) in [7, 11) is 1.68. The number of nitrogens with zero attached hydrogens (tertiary/aromatic N) is 1. The van der Waals surface area contributed by atoms with E-state index in [0.29, 0.717) is 0 Å². The molecule has 0 aliphatic heterocycles. The Morgan fingerprint density at radius 1 is 0.750 bits per heavy atom. The molecule has 0 unspecified atom stereocenters. The number of hydrogen-bond acceptors (Lipinski definition) is 2. The van der Waals surface area contributed by atoms with Crippen molar-refractivity contribution in [2.75, 3.05) is 7.11 Å². The van der Waals surface area contributed by atoms with Crippen LogP contribution in [0.1, 0.15) is 26.5 Å². The molecule has 0 spiro atoms. The fourth-order valence-corrected chi connectivity index (χ4v) is 2.62. The smallest absolute Gasteiger partial charge is 0.118 e. The molecule has 0 aliphatic rings. The second-order valence-electron chi connectivity index (χ2n) is 6.97. The zero-order chi connectivity index (χ0) is 17.2. The number of hydrogen-bond donors (Lipinski definition) is 0. The average molecular weight is 317 g/mol. The lowest BCUT2D eigenvalue weighted by molar-refractivity contribution is 0.415. The Bertz CT molecular complexity index is 815. The fourth-order valence-electron chi connectivity index (χ4n) is 2.62. The molecule has 0 fully saturated rings. The molecule has 0 N–H and O–H groups in total. The van der Waals surface area contributed by atoms with Crippen molar-refractivity contribution in [1.29, 1.82) is 0 Å². The van der Waals surface area contributed by atoms with E-state index in [2.05, 4.69) is 69.3 Å². The highest BCUT2D eigenvalue weighted by Gasteiger charge is 2.18. The molecule has 1 aromatic heterocycles. The van der Waals surface area contributed by atoms with Gasteiger partial charge in [-0.05, 0) is 47.5 Å². The van der Waals surface area contributed by atoms with E-state index in [4.69, 9.17) is 9.72 Å². The lowest BCUT2D eigenvalue weighted by atomic mass is 9.89. The van der Waals surface area contributed by atoms with Crippen molar-refractivity contribution in [2.45, 2.75) is 26.2 Å². The van der Waals surface area contributed by atoms with Crippen LogP contribution in [0.5, 0.6) is 5.75 Å². The number of methoxy groups -OCH3 is 1. The van der Waals surface area contributed by atoms with Crippen LogP contribution in [0.25, 0.3) is 22.4 Å². The summed E-state index contributed by atoms with van der Waals surface area (Å²) in [4.78, 5) is 4.92. The molecule has 0 saturated carbocycles. The van der Waals surface area contributed by atoms with E-state index in [0.717, 1.165) is 22.7 Å². The van der Waals surface area contributed by atoms with Gasteiger partial charge >= 0.3 is 0 Å². The summed E-state index contributed by atoms with van der Waals surface area (Å²) in [6.45, 7) is 6.59. The minimum absolute atomic E-state index is 0.00793. The molecule has 2 nitrogen and oxygen atoms in total. The summed E-state index contributed by atoms with van der Waals surface area (Å²) in [5.74, 6) is 0.856. The molecular weight excluding hydrogens is 294 g/mol. The summed E-state index contributed by atoms with van der Waals surface area (Å²) in [5.41, 5.74) is 5.57. The van der Waals surface area contributed by atoms with Gasteiger partial charge in [-0.1, -0.05) is 51.1 Å². The molecule has 0 amide bonds. The Morgan fingerprint density at radius 3 is 2.00 bits per heavy atom. The normalized spacial score (nSPS) is 11.3. The summed E-state index contributed by atoms with van der Waals surface area (Å²) >= 11 is 0. The first-order valence-electron chi connectivity index (χ1n) is 8.20. The van der Waals surface area contributed by atoms with Crippen molar-refractivity contribution in [3.05, 3.63) is 72.4 Å². The van der Waals surface area contributed by atoms with E-state index >= 15 is 0 Å². The monoisotopic (exact) mass is 317 g/mol. The molecule has 24 heavy (non-hydrogen) atoms. The highest BCUT2D eigenvalue weighted by atomic mass is 16.5. The quantitative estimate of drug-likeness (QED) is 0.616. The van der Waals surface area contributed by atoms with Crippen molar-refractivity contribution in [3.8, 4) is 28.1 Å². The molecule has 0 atom stereocenters. The number of pyridine rings is 1. The minimum Gasteiger partial charge on any atom is -0.497 e. The zero-order valence-corrected chi connectivity index (χ0v) is 14.7. The molecule has 0 bridgehead atoms. The number of ether oxygens (including phenoxy) is 1. The first kappa shape index (κ1) is 16.3. The summed E-state index contributed by atoms with van der Waals surface area (Å²) in [6.07, 6.45) is 0. The predicted octanol–water partition coefficient (Wildman–Crippen LogP) is 5.72. The van der Waals surface area contributed by atoms with E-state index in [9.17, 15) is 0 Å². The van der Waals surface area contributed by atoms with Crippen LogP contribution < -0.4 is 4.74 Å². The predicted molar refractivity (Wildman–Crippen MR) is 100 cm³/mol. The van der Waals surface area contributed by atoms with Crippen LogP contribution >= 0.6 is 0 Å². The molecule has 0 aliphatic carbocycles. The lowest BCUT2D eigenvalue weighted by Gasteiger charge is -2.20. The van der Waals surface area contributed by atoms with Crippen molar-refractivity contribution in [1.82, 2.24) is 4.98 Å². The van der Waals surface area contributed by atoms with E-state index in [1.165, 1.54) is 11.1 Å². The molecule has 2 aromatic carbocycles. The number of benzene rings is 2. The van der Waals surface area contributed by atoms with Crippen molar-refractivity contribution in [3.63, 3.8) is 0 Å². The number of aromatic nitrogens is 1. The van der Waals surface area contributed by atoms with E-state index in [-0.39, 0.29) is 5.41 Å². The summed E-state index contributed by atoms with van der Waals surface area (Å²) < 4.78 is 5.26. The van der Waals surface area contributed by atoms with Crippen LogP contribution in [0.2, 0.25) is 0 Å². The van der Waals surface area contributed by atoms with Crippen molar-refractivity contribution < 1.29 is 4.74 Å². The summed E-state index contributed by atoms with van der Waals surface area (Å²) in [6, 6.07) is 22.9. The SMILES string of the molecule is COc1ccc(-c2cc(-c3ccccc3)cc(C(C)(C)C)n2)cc1. The third-order valence-electron chi connectivity index (χ3n) is 4.09. The topological polar surface area (TPSA) is 22.1 Å². The van der Waals surface area contributed by atoms with Gasteiger partial charge in [-0.25, -0.2) is 0 Å². The Morgan fingerprint density at radius 2 is 1.42 bits per heavy atom. The largest absolute Gasteiger partial charge is 0.497 e. The highest BCUT2D eigenvalue weighted by Crippen LogP contribution is 2.31. The third-order valence-corrected chi connectivity index (χ3v) is 4.09. The molecule has 3 aromatic rings. The average Bonchev–Trinajstić information content (AvgIpc) is 2.61. The molecule has 0 saturated heterocycles. The molecule has 0 radical (unpaired) electrons. The highest BCUT2D eigenvalue weighted by molar-refractivity contribution is 5.71. The molecule has 1 heterocycles. The third kappa shape index (κ3) is 3.48. The Balaban J connectivity index is 2.14. The lowest BCUT2D eigenvalue weighted by Crippen LogP contribution is -2.14. The van der Waals surface area contributed by atoms with Crippen molar-refractivity contribution in [2.24, 2.45) is 0 Å². The van der Waals surface area contributed by atoms with E-state index < -0.39 is 0 Å². The molecule has 122 valence electrons. The van der Waals surface area contributed by atoms with Gasteiger partial charge in [0, 0.05) is 16.7 Å². The molecular formula is C22H23NO. The van der Waals surface area contributed by atoms with Crippen molar-refractivity contribution >= 4 is 0 Å². The van der Waals surface area contributed by atoms with Gasteiger partial charge < -0.3 is 4.74 Å². The fraction of sp³-hybridized carbons (Fsp3) is 0.227. The van der Waals surface area contributed by atoms with Crippen LogP contribution in [0, 0.1) is 0 Å². The van der Waals surface area contributed by atoms with Gasteiger partial charge in [0.1, 0.15) is 5.75 Å². The first-order valence-corrected chi connectivity index (χ1v) is 8.20. The van der Waals surface area contributed by atoms with Crippen LogP contribution in [-0.2, 0) is 5.41 Å². The zero-order valence-electron chi connectivity index (χ0n) is 14.7. The van der Waals surface area contributed by atoms with Gasteiger partial charge in [-0.2, -0.15) is 0 Å². The molecule has 3 rings (SSSR count). The summed E-state index contributed by atoms with van der Waals surface area (Å²) in [5, 5.41) is 0. The van der Waals surface area contributed by atoms with Gasteiger partial charge in [0.25, 0.3) is 0 Å².